The molecule has 9 heteroatoms. The lowest BCUT2D eigenvalue weighted by atomic mass is 10.2. The van der Waals surface area contributed by atoms with E-state index in [9.17, 15) is 9.59 Å². The molecule has 0 saturated carbocycles. The zero-order valence-corrected chi connectivity index (χ0v) is 19.5. The lowest BCUT2D eigenvalue weighted by Crippen LogP contribution is -2.36. The Kier molecular flexibility index (Phi) is 8.21. The van der Waals surface area contributed by atoms with Gasteiger partial charge in [-0.1, -0.05) is 6.92 Å². The molecule has 9 nitrogen and oxygen atoms in total. The van der Waals surface area contributed by atoms with Crippen molar-refractivity contribution in [1.29, 1.82) is 0 Å². The lowest BCUT2D eigenvalue weighted by molar-refractivity contribution is -0.119. The minimum atomic E-state index is -0.141. The molecule has 4 rings (SSSR count). The maximum absolute atomic E-state index is 12.5. The number of benzene rings is 2. The number of hydrogen-bond donors (Lipinski definition) is 2. The van der Waals surface area contributed by atoms with E-state index in [1.165, 1.54) is 0 Å². The first-order chi connectivity index (χ1) is 16.6. The molecular weight excluding hydrogens is 436 g/mol. The average Bonchev–Trinajstić information content (AvgIpc) is 2.87. The Hall–Kier alpha value is -3.30. The minimum absolute atomic E-state index is 0.0789. The number of amides is 2. The van der Waals surface area contributed by atoms with Gasteiger partial charge in [0.1, 0.15) is 13.2 Å². The van der Waals surface area contributed by atoms with Gasteiger partial charge in [0.15, 0.2) is 11.5 Å². The van der Waals surface area contributed by atoms with Crippen molar-refractivity contribution in [2.75, 3.05) is 74.7 Å². The molecule has 1 saturated heterocycles. The molecule has 2 aliphatic rings. The molecule has 2 amide bonds. The van der Waals surface area contributed by atoms with Crippen LogP contribution in [0.5, 0.6) is 11.5 Å². The molecule has 1 fully saturated rings. The maximum Gasteiger partial charge on any atom is 0.238 e. The molecule has 0 unspecified atom stereocenters. The summed E-state index contributed by atoms with van der Waals surface area (Å²) < 4.78 is 16.5. The number of likely N-dealkylation sites (N-methyl/N-ethyl adjacent to an activating group) is 1. The van der Waals surface area contributed by atoms with Crippen LogP contribution in [0.2, 0.25) is 0 Å². The van der Waals surface area contributed by atoms with Crippen LogP contribution >= 0.6 is 0 Å². The molecule has 2 aromatic carbocycles. The molecule has 0 spiro atoms. The number of hydrogen-bond acceptors (Lipinski definition) is 7. The lowest BCUT2D eigenvalue weighted by Gasteiger charge is -2.28. The van der Waals surface area contributed by atoms with Crippen molar-refractivity contribution in [3.8, 4) is 11.5 Å². The van der Waals surface area contributed by atoms with Gasteiger partial charge in [-0.15, -0.1) is 0 Å². The third-order valence-corrected chi connectivity index (χ3v) is 5.82. The van der Waals surface area contributed by atoms with E-state index in [-0.39, 0.29) is 18.4 Å². The molecule has 34 heavy (non-hydrogen) atoms. The van der Waals surface area contributed by atoms with Gasteiger partial charge in [0, 0.05) is 49.2 Å². The Morgan fingerprint density at radius 2 is 1.56 bits per heavy atom. The first kappa shape index (κ1) is 23.8. The van der Waals surface area contributed by atoms with Gasteiger partial charge in [-0.2, -0.15) is 0 Å². The van der Waals surface area contributed by atoms with Crippen LogP contribution < -0.4 is 25.0 Å². The molecule has 2 heterocycles. The van der Waals surface area contributed by atoms with Gasteiger partial charge in [0.2, 0.25) is 11.8 Å². The molecule has 0 aromatic heterocycles. The summed E-state index contributed by atoms with van der Waals surface area (Å²) in [4.78, 5) is 29.2. The highest BCUT2D eigenvalue weighted by Gasteiger charge is 2.15. The maximum atomic E-state index is 12.5. The zero-order valence-electron chi connectivity index (χ0n) is 19.5. The molecule has 182 valence electrons. The van der Waals surface area contributed by atoms with E-state index in [1.807, 2.05) is 36.1 Å². The van der Waals surface area contributed by atoms with E-state index in [4.69, 9.17) is 14.2 Å². The third-order valence-electron chi connectivity index (χ3n) is 5.82. The molecule has 2 N–H and O–H groups in total. The van der Waals surface area contributed by atoms with Crippen LogP contribution in [0.4, 0.5) is 17.1 Å². The van der Waals surface area contributed by atoms with E-state index in [0.29, 0.717) is 49.9 Å². The number of ether oxygens (including phenoxy) is 3. The van der Waals surface area contributed by atoms with Gasteiger partial charge < -0.3 is 29.7 Å². The van der Waals surface area contributed by atoms with Crippen molar-refractivity contribution < 1.29 is 23.8 Å². The number of fused-ring (bicyclic) bond motifs is 1. The summed E-state index contributed by atoms with van der Waals surface area (Å²) in [6, 6.07) is 13.2. The smallest absolute Gasteiger partial charge is 0.238 e. The number of nitrogens with one attached hydrogen (secondary N) is 2. The predicted octanol–water partition coefficient (Wildman–Crippen LogP) is 2.58. The van der Waals surface area contributed by atoms with Gasteiger partial charge in [-0.25, -0.2) is 0 Å². The van der Waals surface area contributed by atoms with Gasteiger partial charge in [-0.3, -0.25) is 14.5 Å². The number of nitrogens with zero attached hydrogens (tertiary/aromatic N) is 2. The SMILES string of the molecule is CCN(CCC(=O)Nc1ccc(N2CCOCC2)cc1)CC(=O)Nc1ccc2c(c1)OCCO2. The van der Waals surface area contributed by atoms with Crippen molar-refractivity contribution in [3.05, 3.63) is 42.5 Å². The fourth-order valence-corrected chi connectivity index (χ4v) is 3.93. The number of carbonyl (C=O) groups excluding carboxylic acids is 2. The average molecular weight is 469 g/mol. The number of rotatable bonds is 9. The van der Waals surface area contributed by atoms with Crippen molar-refractivity contribution in [2.45, 2.75) is 13.3 Å². The minimum Gasteiger partial charge on any atom is -0.486 e. The van der Waals surface area contributed by atoms with Gasteiger partial charge in [0.25, 0.3) is 0 Å². The molecule has 0 radical (unpaired) electrons. The molecule has 2 aliphatic heterocycles. The first-order valence-electron chi connectivity index (χ1n) is 11.7. The van der Waals surface area contributed by atoms with Crippen LogP contribution in [0.3, 0.4) is 0 Å². The Balaban J connectivity index is 1.21. The van der Waals surface area contributed by atoms with Crippen LogP contribution in [-0.4, -0.2) is 75.9 Å². The Morgan fingerprint density at radius 1 is 0.882 bits per heavy atom. The number of carbonyl (C=O) groups is 2. The highest BCUT2D eigenvalue weighted by Crippen LogP contribution is 2.32. The Morgan fingerprint density at radius 3 is 2.29 bits per heavy atom. The quantitative estimate of drug-likeness (QED) is 0.584. The fourth-order valence-electron chi connectivity index (χ4n) is 3.93. The second-order valence-electron chi connectivity index (χ2n) is 8.22. The zero-order chi connectivity index (χ0) is 23.8. The van der Waals surface area contributed by atoms with Crippen molar-refractivity contribution in [1.82, 2.24) is 4.90 Å². The summed E-state index contributed by atoms with van der Waals surface area (Å²) in [7, 11) is 0. The summed E-state index contributed by atoms with van der Waals surface area (Å²) >= 11 is 0. The summed E-state index contributed by atoms with van der Waals surface area (Å²) in [6.45, 7) is 7.57. The van der Waals surface area contributed by atoms with Gasteiger partial charge in [-0.05, 0) is 42.9 Å². The van der Waals surface area contributed by atoms with Crippen LogP contribution in [0.25, 0.3) is 0 Å². The normalized spacial score (nSPS) is 15.2. The molecular formula is C25H32N4O5. The van der Waals surface area contributed by atoms with Crippen LogP contribution in [0.1, 0.15) is 13.3 Å². The van der Waals surface area contributed by atoms with Crippen molar-refractivity contribution in [3.63, 3.8) is 0 Å². The summed E-state index contributed by atoms with van der Waals surface area (Å²) in [6.07, 6.45) is 0.302. The van der Waals surface area contributed by atoms with E-state index < -0.39 is 0 Å². The van der Waals surface area contributed by atoms with E-state index in [2.05, 4.69) is 15.5 Å². The Labute approximate surface area is 200 Å². The van der Waals surface area contributed by atoms with Crippen LogP contribution in [-0.2, 0) is 14.3 Å². The van der Waals surface area contributed by atoms with E-state index in [1.54, 1.807) is 18.2 Å². The van der Waals surface area contributed by atoms with Gasteiger partial charge in [0.05, 0.1) is 19.8 Å². The predicted molar refractivity (Wildman–Crippen MR) is 131 cm³/mol. The second kappa shape index (κ2) is 11.7. The topological polar surface area (TPSA) is 92.4 Å². The number of anilines is 3. The van der Waals surface area contributed by atoms with Crippen LogP contribution in [0, 0.1) is 0 Å². The summed E-state index contributed by atoms with van der Waals surface area (Å²) in [5.41, 5.74) is 2.55. The van der Waals surface area contributed by atoms with E-state index >= 15 is 0 Å². The van der Waals surface area contributed by atoms with Crippen molar-refractivity contribution >= 4 is 28.9 Å². The molecule has 0 bridgehead atoms. The molecule has 0 aliphatic carbocycles. The Bertz CT molecular complexity index is 976. The van der Waals surface area contributed by atoms with Gasteiger partial charge >= 0.3 is 0 Å². The highest BCUT2D eigenvalue weighted by molar-refractivity contribution is 5.93. The van der Waals surface area contributed by atoms with E-state index in [0.717, 1.165) is 37.7 Å². The van der Waals surface area contributed by atoms with Crippen LogP contribution in [0.15, 0.2) is 42.5 Å². The highest BCUT2D eigenvalue weighted by atomic mass is 16.6. The monoisotopic (exact) mass is 468 g/mol. The largest absolute Gasteiger partial charge is 0.486 e. The summed E-state index contributed by atoms with van der Waals surface area (Å²) in [5, 5.41) is 5.83. The number of morpholine rings is 1. The molecule has 0 atom stereocenters. The standard InChI is InChI=1S/C25H32N4O5/c1-2-28(18-25(31)27-20-5-8-22-23(17-20)34-16-15-33-22)10-9-24(30)26-19-3-6-21(7-4-19)29-11-13-32-14-12-29/h3-8,17H,2,9-16,18H2,1H3,(H,26,30)(H,27,31). The molecule has 2 aromatic rings. The fraction of sp³-hybridized carbons (Fsp3) is 0.440. The summed E-state index contributed by atoms with van der Waals surface area (Å²) in [5.74, 6) is 1.09. The first-order valence-corrected chi connectivity index (χ1v) is 11.7. The van der Waals surface area contributed by atoms with Crippen molar-refractivity contribution in [2.24, 2.45) is 0 Å². The second-order valence-corrected chi connectivity index (χ2v) is 8.22. The third kappa shape index (κ3) is 6.61.